The van der Waals surface area contributed by atoms with Crippen LogP contribution in [0.25, 0.3) is 22.2 Å². The number of rotatable bonds is 1. The van der Waals surface area contributed by atoms with E-state index >= 15 is 0 Å². The van der Waals surface area contributed by atoms with Crippen molar-refractivity contribution in [2.75, 3.05) is 5.73 Å². The van der Waals surface area contributed by atoms with Crippen molar-refractivity contribution in [3.63, 3.8) is 0 Å². The fourth-order valence-corrected chi connectivity index (χ4v) is 2.04. The van der Waals surface area contributed by atoms with Gasteiger partial charge in [-0.1, -0.05) is 17.3 Å². The van der Waals surface area contributed by atoms with Gasteiger partial charge in [0.1, 0.15) is 5.69 Å². The first-order valence-electron chi connectivity index (χ1n) is 5.88. The highest BCUT2D eigenvalue weighted by molar-refractivity contribution is 5.92. The number of nitrogens with two attached hydrogens (primary N) is 1. The van der Waals surface area contributed by atoms with E-state index in [1.165, 1.54) is 11.1 Å². The lowest BCUT2D eigenvalue weighted by molar-refractivity contribution is 0.459. The molecule has 2 aromatic carbocycles. The molecule has 1 aromatic heterocycles. The molecule has 0 aliphatic carbocycles. The van der Waals surface area contributed by atoms with Gasteiger partial charge >= 0.3 is 0 Å². The monoisotopic (exact) mass is 238 g/mol. The lowest BCUT2D eigenvalue weighted by Gasteiger charge is -2.00. The van der Waals surface area contributed by atoms with Crippen LogP contribution in [0, 0.1) is 13.8 Å². The molecule has 3 heteroatoms. The Labute approximate surface area is 105 Å². The summed E-state index contributed by atoms with van der Waals surface area (Å²) in [6, 6.07) is 11.8. The Morgan fingerprint density at radius 1 is 1.00 bits per heavy atom. The summed E-state index contributed by atoms with van der Waals surface area (Å²) < 4.78 is 5.39. The first-order chi connectivity index (χ1) is 8.65. The molecule has 2 N–H and O–H groups in total. The molecular formula is C15H14N2O. The van der Waals surface area contributed by atoms with Crippen molar-refractivity contribution >= 4 is 16.7 Å². The molecule has 0 fully saturated rings. The average Bonchev–Trinajstić information content (AvgIpc) is 2.74. The van der Waals surface area contributed by atoms with Crippen molar-refractivity contribution in [1.29, 1.82) is 0 Å². The zero-order valence-corrected chi connectivity index (χ0v) is 10.4. The lowest BCUT2D eigenvalue weighted by Crippen LogP contribution is -1.85. The topological polar surface area (TPSA) is 52.0 Å². The number of benzene rings is 2. The number of nitrogens with zero attached hydrogens (tertiary/aromatic N) is 1. The first kappa shape index (κ1) is 10.8. The molecule has 90 valence electrons. The van der Waals surface area contributed by atoms with Crippen LogP contribution in [0.15, 0.2) is 40.9 Å². The summed E-state index contributed by atoms with van der Waals surface area (Å²) in [6.07, 6.45) is 0. The fourth-order valence-electron chi connectivity index (χ4n) is 2.04. The molecule has 0 bridgehead atoms. The standard InChI is InChI=1S/C15H14N2O/c1-9-7-13-14(8-10(9)2)18-17-15(13)11-3-5-12(16)6-4-11/h3-8H,16H2,1-2H3. The highest BCUT2D eigenvalue weighted by Crippen LogP contribution is 2.30. The second kappa shape index (κ2) is 3.88. The Kier molecular flexibility index (Phi) is 2.33. The van der Waals surface area contributed by atoms with Gasteiger partial charge in [-0.3, -0.25) is 0 Å². The number of anilines is 1. The van der Waals surface area contributed by atoms with Crippen LogP contribution in [0.5, 0.6) is 0 Å². The third kappa shape index (κ3) is 1.64. The molecule has 0 aliphatic rings. The van der Waals surface area contributed by atoms with E-state index in [2.05, 4.69) is 25.1 Å². The summed E-state index contributed by atoms with van der Waals surface area (Å²) in [4.78, 5) is 0. The Morgan fingerprint density at radius 3 is 2.39 bits per heavy atom. The molecule has 3 rings (SSSR count). The maximum absolute atomic E-state index is 5.69. The number of nitrogen functional groups attached to an aromatic ring is 1. The molecule has 3 aromatic rings. The van der Waals surface area contributed by atoms with Gasteiger partial charge in [-0.15, -0.1) is 0 Å². The van der Waals surface area contributed by atoms with E-state index in [-0.39, 0.29) is 0 Å². The maximum atomic E-state index is 5.69. The predicted molar refractivity (Wildman–Crippen MR) is 73.3 cm³/mol. The smallest absolute Gasteiger partial charge is 0.167 e. The van der Waals surface area contributed by atoms with Gasteiger partial charge in [0.25, 0.3) is 0 Å². The van der Waals surface area contributed by atoms with Gasteiger partial charge in [-0.05, 0) is 49.2 Å². The van der Waals surface area contributed by atoms with Gasteiger partial charge < -0.3 is 10.3 Å². The fraction of sp³-hybridized carbons (Fsp3) is 0.133. The van der Waals surface area contributed by atoms with E-state index in [0.29, 0.717) is 0 Å². The van der Waals surface area contributed by atoms with Gasteiger partial charge in [0.2, 0.25) is 0 Å². The van der Waals surface area contributed by atoms with E-state index in [0.717, 1.165) is 27.9 Å². The van der Waals surface area contributed by atoms with Crippen molar-refractivity contribution in [3.8, 4) is 11.3 Å². The third-order valence-electron chi connectivity index (χ3n) is 3.27. The van der Waals surface area contributed by atoms with Gasteiger partial charge in [0.15, 0.2) is 5.58 Å². The average molecular weight is 238 g/mol. The van der Waals surface area contributed by atoms with Crippen LogP contribution in [-0.4, -0.2) is 5.16 Å². The molecule has 0 amide bonds. The van der Waals surface area contributed by atoms with Gasteiger partial charge in [-0.25, -0.2) is 0 Å². The number of aryl methyl sites for hydroxylation is 2. The Hall–Kier alpha value is -2.29. The van der Waals surface area contributed by atoms with Crippen LogP contribution in [0.2, 0.25) is 0 Å². The van der Waals surface area contributed by atoms with Crippen LogP contribution in [0.1, 0.15) is 11.1 Å². The quantitative estimate of drug-likeness (QED) is 0.658. The molecule has 0 unspecified atom stereocenters. The largest absolute Gasteiger partial charge is 0.399 e. The van der Waals surface area contributed by atoms with Crippen molar-refractivity contribution in [3.05, 3.63) is 47.5 Å². The molecule has 0 saturated carbocycles. The van der Waals surface area contributed by atoms with E-state index in [1.807, 2.05) is 30.3 Å². The van der Waals surface area contributed by atoms with E-state index in [4.69, 9.17) is 10.3 Å². The summed E-state index contributed by atoms with van der Waals surface area (Å²) >= 11 is 0. The zero-order valence-electron chi connectivity index (χ0n) is 10.4. The second-order valence-electron chi connectivity index (χ2n) is 4.59. The predicted octanol–water partition coefficient (Wildman–Crippen LogP) is 3.69. The molecule has 0 radical (unpaired) electrons. The van der Waals surface area contributed by atoms with Crippen LogP contribution in [0.4, 0.5) is 5.69 Å². The van der Waals surface area contributed by atoms with E-state index in [9.17, 15) is 0 Å². The van der Waals surface area contributed by atoms with Crippen molar-refractivity contribution in [2.45, 2.75) is 13.8 Å². The molecule has 3 nitrogen and oxygen atoms in total. The normalized spacial score (nSPS) is 11.0. The molecule has 0 atom stereocenters. The van der Waals surface area contributed by atoms with Gasteiger partial charge in [-0.2, -0.15) is 0 Å². The minimum atomic E-state index is 0.749. The maximum Gasteiger partial charge on any atom is 0.167 e. The highest BCUT2D eigenvalue weighted by Gasteiger charge is 2.11. The molecule has 1 heterocycles. The Bertz CT molecular complexity index is 711. The van der Waals surface area contributed by atoms with Crippen molar-refractivity contribution in [2.24, 2.45) is 0 Å². The number of fused-ring (bicyclic) bond motifs is 1. The van der Waals surface area contributed by atoms with E-state index < -0.39 is 0 Å². The number of aromatic nitrogens is 1. The second-order valence-corrected chi connectivity index (χ2v) is 4.59. The summed E-state index contributed by atoms with van der Waals surface area (Å²) in [6.45, 7) is 4.16. The highest BCUT2D eigenvalue weighted by atomic mass is 16.5. The molecule has 18 heavy (non-hydrogen) atoms. The number of hydrogen-bond donors (Lipinski definition) is 1. The minimum Gasteiger partial charge on any atom is -0.399 e. The Morgan fingerprint density at radius 2 is 1.67 bits per heavy atom. The minimum absolute atomic E-state index is 0.749. The lowest BCUT2D eigenvalue weighted by atomic mass is 10.0. The summed E-state index contributed by atoms with van der Waals surface area (Å²) in [5.41, 5.74) is 11.6. The molecule has 0 saturated heterocycles. The third-order valence-corrected chi connectivity index (χ3v) is 3.27. The zero-order chi connectivity index (χ0) is 12.7. The van der Waals surface area contributed by atoms with Crippen molar-refractivity contribution in [1.82, 2.24) is 5.16 Å². The van der Waals surface area contributed by atoms with Gasteiger partial charge in [0, 0.05) is 16.6 Å². The SMILES string of the molecule is Cc1cc2onc(-c3ccc(N)cc3)c2cc1C. The summed E-state index contributed by atoms with van der Waals surface area (Å²) in [5, 5.41) is 5.21. The summed E-state index contributed by atoms with van der Waals surface area (Å²) in [5.74, 6) is 0. The molecule has 0 spiro atoms. The van der Waals surface area contributed by atoms with Crippen LogP contribution in [0.3, 0.4) is 0 Å². The van der Waals surface area contributed by atoms with E-state index in [1.54, 1.807) is 0 Å². The van der Waals surface area contributed by atoms with Crippen molar-refractivity contribution < 1.29 is 4.52 Å². The van der Waals surface area contributed by atoms with Crippen LogP contribution in [-0.2, 0) is 0 Å². The summed E-state index contributed by atoms with van der Waals surface area (Å²) in [7, 11) is 0. The Balaban J connectivity index is 2.23. The van der Waals surface area contributed by atoms with Gasteiger partial charge in [0.05, 0.1) is 0 Å². The first-order valence-corrected chi connectivity index (χ1v) is 5.88. The van der Waals surface area contributed by atoms with Crippen LogP contribution < -0.4 is 5.73 Å². The molecule has 0 aliphatic heterocycles. The molecular weight excluding hydrogens is 224 g/mol. The number of hydrogen-bond acceptors (Lipinski definition) is 3. The van der Waals surface area contributed by atoms with Crippen LogP contribution >= 0.6 is 0 Å².